The lowest BCUT2D eigenvalue weighted by Crippen LogP contribution is -2.54. The first-order chi connectivity index (χ1) is 12.8. The average Bonchev–Trinajstić information content (AvgIpc) is 3.03. The van der Waals surface area contributed by atoms with Crippen LogP contribution in [0.5, 0.6) is 0 Å². The molecule has 0 spiro atoms. The van der Waals surface area contributed by atoms with Crippen LogP contribution in [0.1, 0.15) is 6.42 Å². The molecule has 0 bridgehead atoms. The van der Waals surface area contributed by atoms with Crippen molar-refractivity contribution in [3.05, 3.63) is 29.3 Å². The number of carbonyl (C=O) groups is 1. The highest BCUT2D eigenvalue weighted by Crippen LogP contribution is 2.41. The maximum atomic E-state index is 12.7. The van der Waals surface area contributed by atoms with Gasteiger partial charge in [-0.15, -0.1) is 0 Å². The summed E-state index contributed by atoms with van der Waals surface area (Å²) in [6.07, 6.45) is -1.71. The third kappa shape index (κ3) is 4.94. The van der Waals surface area contributed by atoms with Gasteiger partial charge in [0.25, 0.3) is 0 Å². The van der Waals surface area contributed by atoms with Crippen LogP contribution in [0.2, 0.25) is 5.02 Å². The number of thioether (sulfide) groups is 1. The lowest BCUT2D eigenvalue weighted by Gasteiger charge is -2.37. The number of likely N-dealkylation sites (N-methyl/N-ethyl adjacent to an activating group) is 1. The zero-order valence-corrected chi connectivity index (χ0v) is 16.9. The molecule has 1 saturated carbocycles. The van der Waals surface area contributed by atoms with E-state index < -0.39 is 24.2 Å². The Hall–Kier alpha value is -1.32. The summed E-state index contributed by atoms with van der Waals surface area (Å²) in [5.74, 6) is -0.512. The van der Waals surface area contributed by atoms with E-state index in [4.69, 9.17) is 11.6 Å². The molecule has 5 unspecified atom stereocenters. The standard InChI is InChI=1S/C18H25ClN4O3S/c1-23(2)8-7-20-17(26)12-9-13(24)15(25)14-16(12)27-18(22-14)21-11-5-3-10(19)4-6-11/h3-6,12-16,24-25H,7-9H2,1-2H3,(H,20,26)(H,21,22). The number of fused-ring (bicyclic) bond motifs is 1. The molecule has 4 N–H and O–H groups in total. The quantitative estimate of drug-likeness (QED) is 0.576. The highest BCUT2D eigenvalue weighted by Gasteiger charge is 2.50. The van der Waals surface area contributed by atoms with Crippen LogP contribution < -0.4 is 10.6 Å². The Bertz CT molecular complexity index is 700. The third-order valence-corrected chi connectivity index (χ3v) is 6.34. The summed E-state index contributed by atoms with van der Waals surface area (Å²) in [4.78, 5) is 19.2. The normalized spacial score (nSPS) is 30.0. The Kier molecular flexibility index (Phi) is 6.65. The maximum absolute atomic E-state index is 12.7. The van der Waals surface area contributed by atoms with E-state index in [1.165, 1.54) is 11.8 Å². The largest absolute Gasteiger partial charge is 0.390 e. The Morgan fingerprint density at radius 3 is 2.70 bits per heavy atom. The van der Waals surface area contributed by atoms with Gasteiger partial charge in [0.2, 0.25) is 5.91 Å². The van der Waals surface area contributed by atoms with Crippen LogP contribution >= 0.6 is 23.4 Å². The molecule has 9 heteroatoms. The molecular weight excluding hydrogens is 388 g/mol. The van der Waals surface area contributed by atoms with E-state index in [1.54, 1.807) is 12.1 Å². The summed E-state index contributed by atoms with van der Waals surface area (Å²) in [5.41, 5.74) is 0.825. The number of hydrogen-bond donors (Lipinski definition) is 4. The smallest absolute Gasteiger partial charge is 0.224 e. The fourth-order valence-corrected chi connectivity index (χ4v) is 4.80. The molecule has 0 radical (unpaired) electrons. The van der Waals surface area contributed by atoms with Crippen molar-refractivity contribution in [1.29, 1.82) is 0 Å². The minimum absolute atomic E-state index is 0.103. The van der Waals surface area contributed by atoms with E-state index in [1.807, 2.05) is 31.1 Å². The van der Waals surface area contributed by atoms with Gasteiger partial charge < -0.3 is 25.7 Å². The number of amides is 1. The van der Waals surface area contributed by atoms with Crippen LogP contribution in [0, 0.1) is 5.92 Å². The van der Waals surface area contributed by atoms with Gasteiger partial charge in [-0.3, -0.25) is 9.79 Å². The number of carbonyl (C=O) groups excluding carboxylic acids is 1. The zero-order valence-electron chi connectivity index (χ0n) is 15.3. The summed E-state index contributed by atoms with van der Waals surface area (Å²) in [7, 11) is 3.89. The van der Waals surface area contributed by atoms with Gasteiger partial charge in [-0.05, 0) is 44.8 Å². The van der Waals surface area contributed by atoms with Crippen molar-refractivity contribution < 1.29 is 15.0 Å². The van der Waals surface area contributed by atoms with Gasteiger partial charge in [0.05, 0.1) is 18.1 Å². The fraction of sp³-hybridized carbons (Fsp3) is 0.556. The van der Waals surface area contributed by atoms with E-state index in [-0.39, 0.29) is 17.6 Å². The van der Waals surface area contributed by atoms with Gasteiger partial charge in [-0.1, -0.05) is 23.4 Å². The summed E-state index contributed by atoms with van der Waals surface area (Å²) >= 11 is 7.35. The molecule has 7 nitrogen and oxygen atoms in total. The number of aliphatic hydroxyl groups is 2. The van der Waals surface area contributed by atoms with Gasteiger partial charge in [-0.25, -0.2) is 0 Å². The van der Waals surface area contributed by atoms with Gasteiger partial charge >= 0.3 is 0 Å². The second kappa shape index (κ2) is 8.79. The molecule has 5 atom stereocenters. The Balaban J connectivity index is 1.68. The van der Waals surface area contributed by atoms with E-state index in [9.17, 15) is 15.0 Å². The summed E-state index contributed by atoms with van der Waals surface area (Å²) < 4.78 is 0. The molecule has 1 aromatic carbocycles. The van der Waals surface area contributed by atoms with Crippen molar-refractivity contribution in [3.63, 3.8) is 0 Å². The molecule has 1 fully saturated rings. The molecule has 1 aliphatic carbocycles. The third-order valence-electron chi connectivity index (χ3n) is 4.78. The van der Waals surface area contributed by atoms with Crippen LogP contribution in [0.4, 0.5) is 5.69 Å². The predicted molar refractivity (Wildman–Crippen MR) is 109 cm³/mol. The molecule has 1 amide bonds. The molecule has 1 aliphatic heterocycles. The SMILES string of the molecule is CN(C)CCNC(=O)C1CC(O)C(O)C2N=C(Nc3ccc(Cl)cc3)SC12. The number of hydrogen-bond acceptors (Lipinski definition) is 7. The van der Waals surface area contributed by atoms with E-state index in [0.717, 1.165) is 12.2 Å². The minimum atomic E-state index is -0.974. The summed E-state index contributed by atoms with van der Waals surface area (Å²) in [6, 6.07) is 6.71. The average molecular weight is 413 g/mol. The van der Waals surface area contributed by atoms with Crippen molar-refractivity contribution in [2.75, 3.05) is 32.5 Å². The van der Waals surface area contributed by atoms with E-state index in [2.05, 4.69) is 15.6 Å². The summed E-state index contributed by atoms with van der Waals surface area (Å²) in [5, 5.41) is 27.8. The predicted octanol–water partition coefficient (Wildman–Crippen LogP) is 1.01. The number of aliphatic hydroxyl groups excluding tert-OH is 2. The van der Waals surface area contributed by atoms with Gasteiger partial charge in [0.1, 0.15) is 6.10 Å². The van der Waals surface area contributed by atoms with Crippen LogP contribution in [-0.2, 0) is 4.79 Å². The van der Waals surface area contributed by atoms with Crippen molar-refractivity contribution in [2.45, 2.75) is 29.9 Å². The molecule has 0 aromatic heterocycles. The second-order valence-electron chi connectivity index (χ2n) is 7.13. The number of nitrogens with zero attached hydrogens (tertiary/aromatic N) is 2. The number of halogens is 1. The highest BCUT2D eigenvalue weighted by atomic mass is 35.5. The molecule has 1 heterocycles. The molecular formula is C18H25ClN4O3S. The Morgan fingerprint density at radius 2 is 2.04 bits per heavy atom. The second-order valence-corrected chi connectivity index (χ2v) is 8.74. The highest BCUT2D eigenvalue weighted by molar-refractivity contribution is 8.15. The Morgan fingerprint density at radius 1 is 1.33 bits per heavy atom. The van der Waals surface area contributed by atoms with Gasteiger partial charge in [0.15, 0.2) is 5.17 Å². The van der Waals surface area contributed by atoms with Crippen molar-refractivity contribution >= 4 is 40.1 Å². The fourth-order valence-electron chi connectivity index (χ4n) is 3.30. The maximum Gasteiger partial charge on any atom is 0.224 e. The minimum Gasteiger partial charge on any atom is -0.390 e. The lowest BCUT2D eigenvalue weighted by molar-refractivity contribution is -0.129. The molecule has 2 aliphatic rings. The Labute approximate surface area is 168 Å². The first kappa shape index (κ1) is 20.4. The van der Waals surface area contributed by atoms with E-state index >= 15 is 0 Å². The monoisotopic (exact) mass is 412 g/mol. The molecule has 148 valence electrons. The topological polar surface area (TPSA) is 97.2 Å². The van der Waals surface area contributed by atoms with Crippen molar-refractivity contribution in [2.24, 2.45) is 10.9 Å². The molecule has 27 heavy (non-hydrogen) atoms. The number of nitrogens with one attached hydrogen (secondary N) is 2. The number of anilines is 1. The van der Waals surface area contributed by atoms with Gasteiger partial charge in [-0.2, -0.15) is 0 Å². The van der Waals surface area contributed by atoms with Crippen LogP contribution in [0.3, 0.4) is 0 Å². The number of benzene rings is 1. The molecule has 0 saturated heterocycles. The zero-order chi connectivity index (χ0) is 19.6. The van der Waals surface area contributed by atoms with Crippen LogP contribution in [0.25, 0.3) is 0 Å². The van der Waals surface area contributed by atoms with Crippen molar-refractivity contribution in [1.82, 2.24) is 10.2 Å². The summed E-state index contributed by atoms with van der Waals surface area (Å²) in [6.45, 7) is 1.28. The van der Waals surface area contributed by atoms with E-state index in [0.29, 0.717) is 16.7 Å². The number of aliphatic imine (C=N–C) groups is 1. The molecule has 3 rings (SSSR count). The number of amidine groups is 1. The van der Waals surface area contributed by atoms with Crippen LogP contribution in [0.15, 0.2) is 29.3 Å². The van der Waals surface area contributed by atoms with Crippen molar-refractivity contribution in [3.8, 4) is 0 Å². The lowest BCUT2D eigenvalue weighted by atomic mass is 9.81. The number of rotatable bonds is 5. The first-order valence-electron chi connectivity index (χ1n) is 8.91. The van der Waals surface area contributed by atoms with Crippen LogP contribution in [-0.4, -0.2) is 76.9 Å². The first-order valence-corrected chi connectivity index (χ1v) is 10.2. The molecule has 1 aromatic rings. The van der Waals surface area contributed by atoms with Gasteiger partial charge in [0, 0.05) is 29.0 Å².